The second-order valence-electron chi connectivity index (χ2n) is 9.44. The number of fused-ring (bicyclic) bond motifs is 5. The molecular weight excluding hydrogens is 413 g/mol. The number of anilines is 1. The Labute approximate surface area is 194 Å². The first kappa shape index (κ1) is 21.4. The Bertz CT molecular complexity index is 1300. The first-order chi connectivity index (χ1) is 15.2. The van der Waals surface area contributed by atoms with E-state index in [1.54, 1.807) is 21.3 Å². The number of nitrogens with one attached hydrogen (secondary N) is 1. The van der Waals surface area contributed by atoms with Crippen LogP contribution in [0.1, 0.15) is 38.6 Å². The van der Waals surface area contributed by atoms with Crippen molar-refractivity contribution in [1.82, 2.24) is 0 Å². The van der Waals surface area contributed by atoms with Crippen molar-refractivity contribution in [2.75, 3.05) is 5.32 Å². The van der Waals surface area contributed by atoms with Gasteiger partial charge in [0.25, 0.3) is 0 Å². The smallest absolute Gasteiger partial charge is 0.330 e. The summed E-state index contributed by atoms with van der Waals surface area (Å²) < 4.78 is 5.96. The molecule has 0 aromatic heterocycles. The number of thioether (sulfide) groups is 1. The largest absolute Gasteiger partial charge is 0.427 e. The molecule has 4 aromatic carbocycles. The molecule has 1 heterocycles. The summed E-state index contributed by atoms with van der Waals surface area (Å²) in [6.07, 6.45) is 0. The average Bonchev–Trinajstić information content (AvgIpc) is 3.22. The van der Waals surface area contributed by atoms with Gasteiger partial charge in [0.2, 0.25) is 0 Å². The third-order valence-corrected chi connectivity index (χ3v) is 7.79. The molecule has 1 atom stereocenters. The van der Waals surface area contributed by atoms with E-state index in [9.17, 15) is 5.11 Å². The molecule has 0 amide bonds. The van der Waals surface area contributed by atoms with Gasteiger partial charge in [-0.15, -0.1) is 0 Å². The topological polar surface area (TPSA) is 41.5 Å². The summed E-state index contributed by atoms with van der Waals surface area (Å²) in [4.78, 5) is 1.28. The summed E-state index contributed by atoms with van der Waals surface area (Å²) in [7, 11) is 1.75. The molecule has 2 N–H and O–H groups in total. The van der Waals surface area contributed by atoms with Crippen molar-refractivity contribution < 1.29 is 9.76 Å². The van der Waals surface area contributed by atoms with Gasteiger partial charge in [0.05, 0.1) is 16.9 Å². The Hall–Kier alpha value is -2.47. The molecule has 1 aliphatic heterocycles. The molecular formula is C27H27BNO2S. The number of rotatable bonds is 5. The van der Waals surface area contributed by atoms with Crippen LogP contribution < -0.4 is 10.8 Å². The Kier molecular flexibility index (Phi) is 5.24. The van der Waals surface area contributed by atoms with Crippen molar-refractivity contribution in [2.24, 2.45) is 0 Å². The van der Waals surface area contributed by atoms with Crippen molar-refractivity contribution in [1.29, 1.82) is 0 Å². The Morgan fingerprint density at radius 2 is 1.62 bits per heavy atom. The highest BCUT2D eigenvalue weighted by atomic mass is 32.2. The van der Waals surface area contributed by atoms with E-state index in [2.05, 4.69) is 78.1 Å². The van der Waals surface area contributed by atoms with Crippen LogP contribution in [0.25, 0.3) is 21.5 Å². The zero-order chi connectivity index (χ0) is 22.5. The first-order valence-electron chi connectivity index (χ1n) is 10.9. The lowest BCUT2D eigenvalue weighted by Gasteiger charge is -2.37. The highest BCUT2D eigenvalue weighted by Gasteiger charge is 2.35. The molecule has 0 saturated heterocycles. The monoisotopic (exact) mass is 440 g/mol. The molecule has 32 heavy (non-hydrogen) atoms. The summed E-state index contributed by atoms with van der Waals surface area (Å²) in [5.41, 5.74) is 1.83. The molecule has 0 bridgehead atoms. The van der Waals surface area contributed by atoms with Gasteiger partial charge >= 0.3 is 7.48 Å². The van der Waals surface area contributed by atoms with Crippen molar-refractivity contribution in [3.8, 4) is 0 Å². The maximum Gasteiger partial charge on any atom is 0.330 e. The lowest BCUT2D eigenvalue weighted by molar-refractivity contribution is -0.0893. The van der Waals surface area contributed by atoms with Crippen LogP contribution in [-0.2, 0) is 4.65 Å². The number of hydrogen-bond donors (Lipinski definition) is 2. The van der Waals surface area contributed by atoms with Crippen LogP contribution >= 0.6 is 11.8 Å². The maximum atomic E-state index is 10.4. The molecule has 1 radical (unpaired) electrons. The molecule has 3 nitrogen and oxygen atoms in total. The number of hydrogen-bond acceptors (Lipinski definition) is 4. The van der Waals surface area contributed by atoms with Gasteiger partial charge in [-0.2, -0.15) is 0 Å². The minimum absolute atomic E-state index is 0.220. The van der Waals surface area contributed by atoms with Crippen LogP contribution in [0.2, 0.25) is 0 Å². The van der Waals surface area contributed by atoms with Gasteiger partial charge in [0.1, 0.15) is 5.37 Å². The third kappa shape index (κ3) is 3.79. The van der Waals surface area contributed by atoms with Gasteiger partial charge in [-0.05, 0) is 55.5 Å². The second kappa shape index (κ2) is 7.84. The van der Waals surface area contributed by atoms with E-state index in [0.29, 0.717) is 0 Å². The SMILES string of the molecule is CC(C)(O)C(C)(C)O[B]c1ccc2c(ccc3ccc4c(c32)NC(c2ccccc2)S4)c1. The molecule has 0 saturated carbocycles. The van der Waals surface area contributed by atoms with Gasteiger partial charge in [0, 0.05) is 10.3 Å². The molecule has 1 aliphatic rings. The van der Waals surface area contributed by atoms with E-state index >= 15 is 0 Å². The maximum absolute atomic E-state index is 10.4. The predicted molar refractivity (Wildman–Crippen MR) is 137 cm³/mol. The second-order valence-corrected chi connectivity index (χ2v) is 10.6. The lowest BCUT2D eigenvalue weighted by Crippen LogP contribution is -2.49. The summed E-state index contributed by atoms with van der Waals surface area (Å²) in [5, 5.41) is 19.2. The zero-order valence-corrected chi connectivity index (χ0v) is 19.7. The summed E-state index contributed by atoms with van der Waals surface area (Å²) in [6, 6.07) is 25.8. The van der Waals surface area contributed by atoms with E-state index in [1.165, 1.54) is 37.7 Å². The molecule has 0 spiro atoms. The Balaban J connectivity index is 1.50. The molecule has 161 valence electrons. The van der Waals surface area contributed by atoms with Gasteiger partial charge in [-0.25, -0.2) is 0 Å². The zero-order valence-electron chi connectivity index (χ0n) is 18.8. The van der Waals surface area contributed by atoms with E-state index < -0.39 is 11.2 Å². The predicted octanol–water partition coefficient (Wildman–Crippen LogP) is 6.02. The van der Waals surface area contributed by atoms with Crippen LogP contribution in [-0.4, -0.2) is 23.8 Å². The summed E-state index contributed by atoms with van der Waals surface area (Å²) in [5.74, 6) is 0. The minimum atomic E-state index is -0.949. The Morgan fingerprint density at radius 1 is 0.906 bits per heavy atom. The molecule has 4 aromatic rings. The average molecular weight is 440 g/mol. The fourth-order valence-electron chi connectivity index (χ4n) is 3.90. The van der Waals surface area contributed by atoms with Gasteiger partial charge in [0.15, 0.2) is 0 Å². The minimum Gasteiger partial charge on any atom is -0.427 e. The van der Waals surface area contributed by atoms with Crippen LogP contribution in [0.15, 0.2) is 77.7 Å². The highest BCUT2D eigenvalue weighted by Crippen LogP contribution is 2.50. The van der Waals surface area contributed by atoms with Gasteiger partial charge in [-0.1, -0.05) is 84.0 Å². The summed E-state index contributed by atoms with van der Waals surface area (Å²) >= 11 is 1.87. The van der Waals surface area contributed by atoms with E-state index in [4.69, 9.17) is 4.65 Å². The molecule has 5 heteroatoms. The van der Waals surface area contributed by atoms with Crippen molar-refractivity contribution in [2.45, 2.75) is 49.2 Å². The van der Waals surface area contributed by atoms with Crippen LogP contribution in [0.3, 0.4) is 0 Å². The number of aliphatic hydroxyl groups is 1. The quantitative estimate of drug-likeness (QED) is 0.294. The first-order valence-corrected chi connectivity index (χ1v) is 11.8. The molecule has 5 rings (SSSR count). The van der Waals surface area contributed by atoms with Crippen molar-refractivity contribution in [3.05, 3.63) is 78.4 Å². The lowest BCUT2D eigenvalue weighted by atomic mass is 9.81. The van der Waals surface area contributed by atoms with E-state index in [-0.39, 0.29) is 5.37 Å². The van der Waals surface area contributed by atoms with E-state index in [1.807, 2.05) is 25.6 Å². The molecule has 0 fully saturated rings. The van der Waals surface area contributed by atoms with Crippen LogP contribution in [0.5, 0.6) is 0 Å². The molecule has 1 unspecified atom stereocenters. The third-order valence-electron chi connectivity index (χ3n) is 6.57. The number of benzene rings is 4. The van der Waals surface area contributed by atoms with E-state index in [0.717, 1.165) is 5.46 Å². The standard InChI is InChI=1S/C27H27BNO2S/c1-26(2,30)27(3,4)31-28-20-13-14-21-19(16-20)11-10-17-12-15-22-24(23(17)21)29-25(32-22)18-8-6-5-7-9-18/h5-16,25,29-30H,1-4H3. The summed E-state index contributed by atoms with van der Waals surface area (Å²) in [6.45, 7) is 7.32. The molecule has 0 aliphatic carbocycles. The van der Waals surface area contributed by atoms with Gasteiger partial charge in [-0.3, -0.25) is 0 Å². The normalized spacial score (nSPS) is 16.2. The van der Waals surface area contributed by atoms with Crippen LogP contribution in [0, 0.1) is 0 Å². The van der Waals surface area contributed by atoms with Crippen LogP contribution in [0.4, 0.5) is 5.69 Å². The highest BCUT2D eigenvalue weighted by molar-refractivity contribution is 8.00. The van der Waals surface area contributed by atoms with Crippen molar-refractivity contribution >= 4 is 51.9 Å². The Morgan fingerprint density at radius 3 is 2.38 bits per heavy atom. The van der Waals surface area contributed by atoms with Gasteiger partial charge < -0.3 is 15.1 Å². The van der Waals surface area contributed by atoms with Crippen molar-refractivity contribution in [3.63, 3.8) is 0 Å². The fraction of sp³-hybridized carbons (Fsp3) is 0.259. The fourth-order valence-corrected chi connectivity index (χ4v) is 5.05.